The Bertz CT molecular complexity index is 853. The van der Waals surface area contributed by atoms with Gasteiger partial charge in [0.15, 0.2) is 0 Å². The zero-order valence-electron chi connectivity index (χ0n) is 15.6. The van der Waals surface area contributed by atoms with Crippen LogP contribution in [-0.2, 0) is 0 Å². The van der Waals surface area contributed by atoms with Gasteiger partial charge in [-0.25, -0.2) is 4.98 Å². The molecule has 2 amide bonds. The fraction of sp³-hybridized carbons (Fsp3) is 0.450. The van der Waals surface area contributed by atoms with E-state index in [0.717, 1.165) is 36.9 Å². The molecule has 0 aliphatic carbocycles. The molecular formula is C20H23N5O2. The topological polar surface area (TPSA) is 88.1 Å². The zero-order valence-corrected chi connectivity index (χ0v) is 15.6. The quantitative estimate of drug-likeness (QED) is 0.899. The molecule has 2 fully saturated rings. The number of hydrogen-bond acceptors (Lipinski definition) is 5. The lowest BCUT2D eigenvalue weighted by molar-refractivity contribution is 0.0548. The first-order chi connectivity index (χ1) is 13.0. The standard InChI is InChI=1S/C20H23N5O2/c1-12-5-6-21-10-17(12)20(27)25-15-3-4-16(25)8-14(7-15)24-19(26)18-11-22-13(2)9-23-18/h5-6,9-11,14-16H,3-4,7-8H2,1-2H3,(H,24,26)/t14?,15-,16+. The molecule has 3 atom stereocenters. The molecule has 0 aromatic carbocycles. The Balaban J connectivity index is 1.44. The number of carbonyl (C=O) groups excluding carboxylic acids is 2. The van der Waals surface area contributed by atoms with Crippen LogP contribution >= 0.6 is 0 Å². The van der Waals surface area contributed by atoms with Gasteiger partial charge in [-0.1, -0.05) is 0 Å². The van der Waals surface area contributed by atoms with E-state index < -0.39 is 0 Å². The SMILES string of the molecule is Cc1cnc(C(=O)NC2C[C@H]3CC[C@@H](C2)N3C(=O)c2cnccc2C)cn1. The Morgan fingerprint density at radius 3 is 2.44 bits per heavy atom. The largest absolute Gasteiger partial charge is 0.348 e. The monoisotopic (exact) mass is 365 g/mol. The first-order valence-corrected chi connectivity index (χ1v) is 9.35. The molecule has 2 aliphatic rings. The van der Waals surface area contributed by atoms with Crippen LogP contribution in [-0.4, -0.2) is 49.8 Å². The Morgan fingerprint density at radius 2 is 1.81 bits per heavy atom. The summed E-state index contributed by atoms with van der Waals surface area (Å²) in [5.74, 6) is -0.142. The third kappa shape index (κ3) is 3.41. The summed E-state index contributed by atoms with van der Waals surface area (Å²) in [5.41, 5.74) is 2.73. The number of nitrogens with zero attached hydrogens (tertiary/aromatic N) is 4. The first-order valence-electron chi connectivity index (χ1n) is 9.35. The lowest BCUT2D eigenvalue weighted by Gasteiger charge is -2.39. The summed E-state index contributed by atoms with van der Waals surface area (Å²) in [6.45, 7) is 3.77. The summed E-state index contributed by atoms with van der Waals surface area (Å²) < 4.78 is 0. The highest BCUT2D eigenvalue weighted by Gasteiger charge is 2.44. The summed E-state index contributed by atoms with van der Waals surface area (Å²) in [5, 5.41) is 3.07. The number of aromatic nitrogens is 3. The number of aryl methyl sites for hydroxylation is 2. The van der Waals surface area contributed by atoms with Gasteiger partial charge in [0.2, 0.25) is 0 Å². The predicted molar refractivity (Wildman–Crippen MR) is 99.2 cm³/mol. The van der Waals surface area contributed by atoms with Crippen LogP contribution in [0.15, 0.2) is 30.9 Å². The lowest BCUT2D eigenvalue weighted by Crippen LogP contribution is -2.52. The molecule has 2 aromatic heterocycles. The van der Waals surface area contributed by atoms with Crippen LogP contribution < -0.4 is 5.32 Å². The molecule has 2 aliphatic heterocycles. The van der Waals surface area contributed by atoms with Crippen molar-refractivity contribution in [1.82, 2.24) is 25.2 Å². The Kier molecular flexibility index (Phi) is 4.59. The van der Waals surface area contributed by atoms with Gasteiger partial charge in [0.1, 0.15) is 5.69 Å². The molecule has 27 heavy (non-hydrogen) atoms. The van der Waals surface area contributed by atoms with E-state index in [9.17, 15) is 9.59 Å². The fourth-order valence-electron chi connectivity index (χ4n) is 4.22. The van der Waals surface area contributed by atoms with E-state index >= 15 is 0 Å². The van der Waals surface area contributed by atoms with Crippen molar-refractivity contribution >= 4 is 11.8 Å². The maximum atomic E-state index is 13.0. The number of amides is 2. The summed E-state index contributed by atoms with van der Waals surface area (Å²) in [4.78, 5) is 39.9. The second kappa shape index (κ2) is 7.06. The summed E-state index contributed by atoms with van der Waals surface area (Å²) in [6.07, 6.45) is 9.95. The fourth-order valence-corrected chi connectivity index (χ4v) is 4.22. The van der Waals surface area contributed by atoms with Crippen molar-refractivity contribution in [2.45, 2.75) is 57.7 Å². The van der Waals surface area contributed by atoms with Crippen LogP contribution in [0, 0.1) is 13.8 Å². The molecular weight excluding hydrogens is 342 g/mol. The van der Waals surface area contributed by atoms with Crippen molar-refractivity contribution in [3.63, 3.8) is 0 Å². The summed E-state index contributed by atoms with van der Waals surface area (Å²) in [7, 11) is 0. The molecule has 2 saturated heterocycles. The lowest BCUT2D eigenvalue weighted by atomic mass is 9.95. The predicted octanol–water partition coefficient (Wildman–Crippen LogP) is 2.05. The number of fused-ring (bicyclic) bond motifs is 2. The molecule has 4 heterocycles. The van der Waals surface area contributed by atoms with E-state index in [-0.39, 0.29) is 29.9 Å². The second-order valence-electron chi connectivity index (χ2n) is 7.47. The van der Waals surface area contributed by atoms with E-state index in [0.29, 0.717) is 11.3 Å². The molecule has 7 heteroatoms. The van der Waals surface area contributed by atoms with Crippen molar-refractivity contribution in [2.75, 3.05) is 0 Å². The van der Waals surface area contributed by atoms with E-state index in [1.807, 2.05) is 24.8 Å². The molecule has 7 nitrogen and oxygen atoms in total. The molecule has 1 unspecified atom stereocenters. The average molecular weight is 365 g/mol. The van der Waals surface area contributed by atoms with Crippen LogP contribution in [0.3, 0.4) is 0 Å². The van der Waals surface area contributed by atoms with Crippen LogP contribution in [0.25, 0.3) is 0 Å². The van der Waals surface area contributed by atoms with E-state index in [4.69, 9.17) is 0 Å². The second-order valence-corrected chi connectivity index (χ2v) is 7.47. The first kappa shape index (κ1) is 17.6. The molecule has 140 valence electrons. The van der Waals surface area contributed by atoms with Gasteiger partial charge in [-0.3, -0.25) is 19.6 Å². The maximum Gasteiger partial charge on any atom is 0.271 e. The third-order valence-corrected chi connectivity index (χ3v) is 5.59. The molecule has 2 bridgehead atoms. The Morgan fingerprint density at radius 1 is 1.07 bits per heavy atom. The van der Waals surface area contributed by atoms with Gasteiger partial charge in [0.25, 0.3) is 11.8 Å². The number of piperidine rings is 1. The third-order valence-electron chi connectivity index (χ3n) is 5.59. The molecule has 2 aromatic rings. The average Bonchev–Trinajstić information content (AvgIpc) is 2.93. The highest BCUT2D eigenvalue weighted by atomic mass is 16.2. The normalized spacial score (nSPS) is 23.9. The number of carbonyl (C=O) groups is 2. The maximum absolute atomic E-state index is 13.0. The van der Waals surface area contributed by atoms with E-state index in [2.05, 4.69) is 20.3 Å². The molecule has 0 spiro atoms. The van der Waals surface area contributed by atoms with E-state index in [1.54, 1.807) is 18.6 Å². The van der Waals surface area contributed by atoms with Crippen molar-refractivity contribution < 1.29 is 9.59 Å². The number of pyridine rings is 1. The van der Waals surface area contributed by atoms with Gasteiger partial charge in [-0.15, -0.1) is 0 Å². The summed E-state index contributed by atoms with van der Waals surface area (Å²) >= 11 is 0. The number of nitrogens with one attached hydrogen (secondary N) is 1. The van der Waals surface area contributed by atoms with Gasteiger partial charge < -0.3 is 10.2 Å². The van der Waals surface area contributed by atoms with Crippen LogP contribution in [0.2, 0.25) is 0 Å². The minimum Gasteiger partial charge on any atom is -0.348 e. The minimum absolute atomic E-state index is 0.0529. The van der Waals surface area contributed by atoms with Crippen molar-refractivity contribution in [2.24, 2.45) is 0 Å². The smallest absolute Gasteiger partial charge is 0.271 e. The summed E-state index contributed by atoms with van der Waals surface area (Å²) in [6, 6.07) is 2.23. The molecule has 1 N–H and O–H groups in total. The molecule has 4 rings (SSSR count). The van der Waals surface area contributed by atoms with E-state index in [1.165, 1.54) is 6.20 Å². The molecule has 0 saturated carbocycles. The van der Waals surface area contributed by atoms with Crippen LogP contribution in [0.4, 0.5) is 0 Å². The number of hydrogen-bond donors (Lipinski definition) is 1. The van der Waals surface area contributed by atoms with Gasteiger partial charge in [-0.05, 0) is 51.2 Å². The van der Waals surface area contributed by atoms with Crippen molar-refractivity contribution in [1.29, 1.82) is 0 Å². The van der Waals surface area contributed by atoms with Crippen LogP contribution in [0.1, 0.15) is 57.8 Å². The molecule has 0 radical (unpaired) electrons. The van der Waals surface area contributed by atoms with Crippen LogP contribution in [0.5, 0.6) is 0 Å². The minimum atomic E-state index is -0.199. The van der Waals surface area contributed by atoms with Crippen molar-refractivity contribution in [3.8, 4) is 0 Å². The van der Waals surface area contributed by atoms with Gasteiger partial charge in [-0.2, -0.15) is 0 Å². The highest BCUT2D eigenvalue weighted by Crippen LogP contribution is 2.37. The van der Waals surface area contributed by atoms with Gasteiger partial charge >= 0.3 is 0 Å². The Hall–Kier alpha value is -2.83. The zero-order chi connectivity index (χ0) is 19.0. The van der Waals surface area contributed by atoms with Gasteiger partial charge in [0, 0.05) is 36.7 Å². The highest BCUT2D eigenvalue weighted by molar-refractivity contribution is 5.96. The number of rotatable bonds is 3. The van der Waals surface area contributed by atoms with Crippen molar-refractivity contribution in [3.05, 3.63) is 53.4 Å². The Labute approximate surface area is 158 Å². The van der Waals surface area contributed by atoms with Gasteiger partial charge in [0.05, 0.1) is 17.5 Å².